The molecule has 0 fully saturated rings. The van der Waals surface area contributed by atoms with Crippen LogP contribution in [0.2, 0.25) is 0 Å². The Kier molecular flexibility index (Phi) is 5.04. The summed E-state index contributed by atoms with van der Waals surface area (Å²) in [5.41, 5.74) is -0.0458. The SMILES string of the molecule is C=C(C(=O)CCC)C(=O)OC(C)C. The van der Waals surface area contributed by atoms with Gasteiger partial charge in [-0.05, 0) is 20.3 Å². The van der Waals surface area contributed by atoms with Crippen LogP contribution in [-0.4, -0.2) is 17.9 Å². The lowest BCUT2D eigenvalue weighted by Crippen LogP contribution is -2.18. The summed E-state index contributed by atoms with van der Waals surface area (Å²) in [6.45, 7) is 8.74. The zero-order valence-electron chi connectivity index (χ0n) is 8.42. The molecule has 0 aromatic heterocycles. The lowest BCUT2D eigenvalue weighted by Gasteiger charge is -2.08. The molecule has 0 amide bonds. The number of hydrogen-bond acceptors (Lipinski definition) is 3. The van der Waals surface area contributed by atoms with Gasteiger partial charge in [-0.15, -0.1) is 0 Å². The average molecular weight is 184 g/mol. The van der Waals surface area contributed by atoms with Gasteiger partial charge >= 0.3 is 5.97 Å². The molecule has 3 nitrogen and oxygen atoms in total. The highest BCUT2D eigenvalue weighted by Crippen LogP contribution is 2.04. The number of carbonyl (C=O) groups is 2. The zero-order valence-corrected chi connectivity index (χ0v) is 8.42. The van der Waals surface area contributed by atoms with E-state index in [1.54, 1.807) is 13.8 Å². The number of ether oxygens (including phenoxy) is 1. The van der Waals surface area contributed by atoms with Gasteiger partial charge in [-0.1, -0.05) is 13.5 Å². The van der Waals surface area contributed by atoms with Crippen LogP contribution in [0.4, 0.5) is 0 Å². The maximum Gasteiger partial charge on any atom is 0.341 e. The number of hydrogen-bond donors (Lipinski definition) is 0. The van der Waals surface area contributed by atoms with Crippen LogP contribution in [0.5, 0.6) is 0 Å². The van der Waals surface area contributed by atoms with E-state index in [1.807, 2.05) is 6.92 Å². The Labute approximate surface area is 78.8 Å². The van der Waals surface area contributed by atoms with Gasteiger partial charge in [-0.2, -0.15) is 0 Å². The first-order valence-corrected chi connectivity index (χ1v) is 4.42. The third-order valence-electron chi connectivity index (χ3n) is 1.40. The lowest BCUT2D eigenvalue weighted by atomic mass is 10.1. The van der Waals surface area contributed by atoms with Crippen molar-refractivity contribution in [2.75, 3.05) is 0 Å². The predicted octanol–water partition coefficient (Wildman–Crippen LogP) is 1.86. The van der Waals surface area contributed by atoms with E-state index in [1.165, 1.54) is 0 Å². The fraction of sp³-hybridized carbons (Fsp3) is 0.600. The highest BCUT2D eigenvalue weighted by atomic mass is 16.5. The molecule has 0 aliphatic rings. The molecule has 0 N–H and O–H groups in total. The van der Waals surface area contributed by atoms with Gasteiger partial charge in [0.05, 0.1) is 11.7 Å². The summed E-state index contributed by atoms with van der Waals surface area (Å²) < 4.78 is 4.82. The van der Waals surface area contributed by atoms with Crippen molar-refractivity contribution in [1.82, 2.24) is 0 Å². The first kappa shape index (κ1) is 11.9. The summed E-state index contributed by atoms with van der Waals surface area (Å²) >= 11 is 0. The monoisotopic (exact) mass is 184 g/mol. The smallest absolute Gasteiger partial charge is 0.341 e. The van der Waals surface area contributed by atoms with Gasteiger partial charge < -0.3 is 4.74 Å². The van der Waals surface area contributed by atoms with Crippen molar-refractivity contribution in [2.45, 2.75) is 39.7 Å². The Morgan fingerprint density at radius 2 is 1.92 bits per heavy atom. The van der Waals surface area contributed by atoms with Crippen LogP contribution in [0, 0.1) is 0 Å². The number of carbonyl (C=O) groups excluding carboxylic acids is 2. The first-order chi connectivity index (χ1) is 5.99. The molecule has 0 atom stereocenters. The normalized spacial score (nSPS) is 9.85. The van der Waals surface area contributed by atoms with Gasteiger partial charge in [0.1, 0.15) is 0 Å². The molecule has 74 valence electrons. The van der Waals surface area contributed by atoms with Gasteiger partial charge in [-0.3, -0.25) is 4.79 Å². The molecular weight excluding hydrogens is 168 g/mol. The van der Waals surface area contributed by atoms with Crippen molar-refractivity contribution in [3.8, 4) is 0 Å². The molecular formula is C10H16O3. The van der Waals surface area contributed by atoms with Crippen LogP contribution < -0.4 is 0 Å². The molecule has 0 aromatic carbocycles. The predicted molar refractivity (Wildman–Crippen MR) is 50.3 cm³/mol. The Morgan fingerprint density at radius 1 is 1.38 bits per heavy atom. The quantitative estimate of drug-likeness (QED) is 0.283. The molecule has 0 saturated carbocycles. The Morgan fingerprint density at radius 3 is 2.31 bits per heavy atom. The van der Waals surface area contributed by atoms with Gasteiger partial charge in [-0.25, -0.2) is 4.79 Å². The number of Topliss-reactive ketones (excluding diaryl/α,β-unsaturated/α-hetero) is 1. The van der Waals surface area contributed by atoms with Crippen molar-refractivity contribution in [3.63, 3.8) is 0 Å². The number of rotatable bonds is 5. The van der Waals surface area contributed by atoms with E-state index < -0.39 is 5.97 Å². The number of ketones is 1. The van der Waals surface area contributed by atoms with Crippen LogP contribution in [0.15, 0.2) is 12.2 Å². The molecule has 0 radical (unpaired) electrons. The summed E-state index contributed by atoms with van der Waals surface area (Å²) in [4.78, 5) is 22.3. The van der Waals surface area contributed by atoms with Gasteiger partial charge in [0.2, 0.25) is 0 Å². The van der Waals surface area contributed by atoms with Gasteiger partial charge in [0.25, 0.3) is 0 Å². The van der Waals surface area contributed by atoms with Crippen LogP contribution in [0.25, 0.3) is 0 Å². The second-order valence-electron chi connectivity index (χ2n) is 3.11. The molecule has 0 spiro atoms. The third kappa shape index (κ3) is 4.45. The van der Waals surface area contributed by atoms with Crippen molar-refractivity contribution < 1.29 is 14.3 Å². The van der Waals surface area contributed by atoms with Gasteiger partial charge in [0, 0.05) is 6.42 Å². The standard InChI is InChI=1S/C10H16O3/c1-5-6-9(11)8(4)10(12)13-7(2)3/h7H,4-6H2,1-3H3. The minimum atomic E-state index is -0.603. The molecule has 0 saturated heterocycles. The third-order valence-corrected chi connectivity index (χ3v) is 1.40. The van der Waals surface area contributed by atoms with Gasteiger partial charge in [0.15, 0.2) is 5.78 Å². The topological polar surface area (TPSA) is 43.4 Å². The molecule has 3 heteroatoms. The molecule has 0 unspecified atom stereocenters. The second-order valence-corrected chi connectivity index (χ2v) is 3.11. The van der Waals surface area contributed by atoms with Crippen LogP contribution >= 0.6 is 0 Å². The molecule has 0 heterocycles. The highest BCUT2D eigenvalue weighted by Gasteiger charge is 2.16. The molecule has 0 aliphatic heterocycles. The summed E-state index contributed by atoms with van der Waals surface area (Å²) in [6, 6.07) is 0. The summed E-state index contributed by atoms with van der Waals surface area (Å²) in [7, 11) is 0. The number of esters is 1. The van der Waals surface area contributed by atoms with E-state index in [9.17, 15) is 9.59 Å². The molecule has 0 aromatic rings. The Balaban J connectivity index is 4.10. The summed E-state index contributed by atoms with van der Waals surface area (Å²) in [5, 5.41) is 0. The van der Waals surface area contributed by atoms with Crippen molar-refractivity contribution in [3.05, 3.63) is 12.2 Å². The van der Waals surface area contributed by atoms with E-state index in [2.05, 4.69) is 6.58 Å². The molecule has 0 bridgehead atoms. The van der Waals surface area contributed by atoms with E-state index in [0.717, 1.165) is 0 Å². The van der Waals surface area contributed by atoms with Crippen LogP contribution in [-0.2, 0) is 14.3 Å². The minimum Gasteiger partial charge on any atom is -0.459 e. The fourth-order valence-corrected chi connectivity index (χ4v) is 0.777. The molecule has 0 aliphatic carbocycles. The zero-order chi connectivity index (χ0) is 10.4. The molecule has 13 heavy (non-hydrogen) atoms. The van der Waals surface area contributed by atoms with E-state index in [0.29, 0.717) is 12.8 Å². The van der Waals surface area contributed by atoms with Crippen molar-refractivity contribution in [2.24, 2.45) is 0 Å². The van der Waals surface area contributed by atoms with E-state index in [-0.39, 0.29) is 17.5 Å². The Hall–Kier alpha value is -1.12. The van der Waals surface area contributed by atoms with Crippen molar-refractivity contribution >= 4 is 11.8 Å². The molecule has 0 rings (SSSR count). The summed E-state index contributed by atoms with van der Waals surface area (Å²) in [6.07, 6.45) is 0.859. The Bertz CT molecular complexity index is 216. The van der Waals surface area contributed by atoms with E-state index in [4.69, 9.17) is 4.74 Å². The largest absolute Gasteiger partial charge is 0.459 e. The van der Waals surface area contributed by atoms with Crippen LogP contribution in [0.1, 0.15) is 33.6 Å². The first-order valence-electron chi connectivity index (χ1n) is 4.42. The maximum absolute atomic E-state index is 11.2. The second kappa shape index (κ2) is 5.51. The minimum absolute atomic E-state index is 0.0458. The average Bonchev–Trinajstić information content (AvgIpc) is 2.02. The summed E-state index contributed by atoms with van der Waals surface area (Å²) in [5.74, 6) is -0.832. The van der Waals surface area contributed by atoms with Crippen molar-refractivity contribution in [1.29, 1.82) is 0 Å². The maximum atomic E-state index is 11.2. The lowest BCUT2D eigenvalue weighted by molar-refractivity contribution is -0.143. The van der Waals surface area contributed by atoms with Crippen LogP contribution in [0.3, 0.4) is 0 Å². The van der Waals surface area contributed by atoms with E-state index >= 15 is 0 Å². The fourth-order valence-electron chi connectivity index (χ4n) is 0.777. The highest BCUT2D eigenvalue weighted by molar-refractivity contribution is 6.16.